The SMILES string of the molecule is N#Cc1ccc(OCC(O)COc2cccc3oc(C(=O)O)cc(=O)c23)cc1.[Na]. The predicted molar refractivity (Wildman–Crippen MR) is 103 cm³/mol. The Morgan fingerprint density at radius 2 is 1.83 bits per heavy atom. The Kier molecular flexibility index (Phi) is 7.82. The van der Waals surface area contributed by atoms with E-state index in [0.717, 1.165) is 6.07 Å². The number of aliphatic hydroxyl groups excluding tert-OH is 1. The molecule has 3 rings (SSSR count). The van der Waals surface area contributed by atoms with Crippen LogP contribution in [0, 0.1) is 11.3 Å². The molecule has 2 N–H and O–H groups in total. The van der Waals surface area contributed by atoms with Gasteiger partial charge in [0.2, 0.25) is 5.76 Å². The molecule has 0 saturated heterocycles. The third-order valence-electron chi connectivity index (χ3n) is 3.78. The predicted octanol–water partition coefficient (Wildman–Crippen LogP) is 1.80. The number of hydrogen-bond donors (Lipinski definition) is 2. The van der Waals surface area contributed by atoms with Crippen LogP contribution in [-0.4, -0.2) is 65.1 Å². The van der Waals surface area contributed by atoms with E-state index in [1.165, 1.54) is 12.1 Å². The van der Waals surface area contributed by atoms with E-state index in [-0.39, 0.29) is 59.5 Å². The average molecular weight is 404 g/mol. The molecule has 0 saturated carbocycles. The van der Waals surface area contributed by atoms with Crippen molar-refractivity contribution in [2.24, 2.45) is 0 Å². The first-order valence-corrected chi connectivity index (χ1v) is 8.22. The summed E-state index contributed by atoms with van der Waals surface area (Å²) >= 11 is 0. The molecule has 1 unspecified atom stereocenters. The molecule has 0 amide bonds. The maximum atomic E-state index is 12.2. The molecule has 0 bridgehead atoms. The van der Waals surface area contributed by atoms with Gasteiger partial charge in [0.1, 0.15) is 41.8 Å². The quantitative estimate of drug-likeness (QED) is 0.570. The number of carbonyl (C=O) groups is 1. The standard InChI is InChI=1S/C20H15NO7.Na/c21-9-12-4-6-14(7-5-12)26-10-13(22)11-27-16-2-1-3-17-19(16)15(23)8-18(28-17)20(24)25;/h1-8,13,22H,10-11H2,(H,24,25);. The number of rotatable bonds is 7. The first kappa shape index (κ1) is 22.5. The van der Waals surface area contributed by atoms with Gasteiger partial charge in [0, 0.05) is 35.6 Å². The van der Waals surface area contributed by atoms with Gasteiger partial charge in [0.25, 0.3) is 0 Å². The fraction of sp³-hybridized carbons (Fsp3) is 0.150. The van der Waals surface area contributed by atoms with Crippen LogP contribution < -0.4 is 14.9 Å². The van der Waals surface area contributed by atoms with E-state index in [1.54, 1.807) is 30.3 Å². The molecule has 143 valence electrons. The van der Waals surface area contributed by atoms with E-state index in [9.17, 15) is 14.7 Å². The van der Waals surface area contributed by atoms with Crippen LogP contribution in [0.4, 0.5) is 0 Å². The molecular weight excluding hydrogens is 389 g/mol. The summed E-state index contributed by atoms with van der Waals surface area (Å²) in [5.41, 5.74) is 0.0142. The van der Waals surface area contributed by atoms with Crippen LogP contribution in [0.1, 0.15) is 16.1 Å². The Hall–Kier alpha value is -2.83. The Morgan fingerprint density at radius 3 is 2.48 bits per heavy atom. The van der Waals surface area contributed by atoms with Crippen LogP contribution in [0.5, 0.6) is 11.5 Å². The number of ether oxygens (including phenoxy) is 2. The van der Waals surface area contributed by atoms with Crippen molar-refractivity contribution in [1.29, 1.82) is 5.26 Å². The zero-order valence-corrected chi connectivity index (χ0v) is 17.5. The summed E-state index contributed by atoms with van der Waals surface area (Å²) in [6.07, 6.45) is -0.990. The maximum absolute atomic E-state index is 12.2. The van der Waals surface area contributed by atoms with Crippen LogP contribution in [0.25, 0.3) is 11.0 Å². The molecule has 2 aromatic carbocycles. The second-order valence-electron chi connectivity index (χ2n) is 5.82. The minimum Gasteiger partial charge on any atom is -0.491 e. The van der Waals surface area contributed by atoms with E-state index in [4.69, 9.17) is 24.3 Å². The van der Waals surface area contributed by atoms with E-state index in [2.05, 4.69) is 0 Å². The van der Waals surface area contributed by atoms with Crippen LogP contribution in [0.2, 0.25) is 0 Å². The number of benzene rings is 2. The Morgan fingerprint density at radius 1 is 1.14 bits per heavy atom. The number of nitriles is 1. The number of carboxylic acids is 1. The van der Waals surface area contributed by atoms with Gasteiger partial charge in [0.05, 0.1) is 11.6 Å². The summed E-state index contributed by atoms with van der Waals surface area (Å²) < 4.78 is 16.1. The zero-order valence-electron chi connectivity index (χ0n) is 15.5. The fourth-order valence-electron chi connectivity index (χ4n) is 2.46. The third kappa shape index (κ3) is 5.59. The number of fused-ring (bicyclic) bond motifs is 1. The van der Waals surface area contributed by atoms with Gasteiger partial charge in [-0.05, 0) is 36.4 Å². The van der Waals surface area contributed by atoms with Gasteiger partial charge >= 0.3 is 5.97 Å². The maximum Gasteiger partial charge on any atom is 0.371 e. The summed E-state index contributed by atoms with van der Waals surface area (Å²) in [6.45, 7) is -0.218. The van der Waals surface area contributed by atoms with Gasteiger partial charge in [0.15, 0.2) is 5.43 Å². The van der Waals surface area contributed by atoms with Crippen molar-refractivity contribution in [3.8, 4) is 17.6 Å². The van der Waals surface area contributed by atoms with Gasteiger partial charge in [-0.25, -0.2) is 4.79 Å². The molecule has 0 aliphatic heterocycles. The molecule has 1 radical (unpaired) electrons. The Bertz CT molecular complexity index is 1100. The molecule has 1 aromatic heterocycles. The Balaban J connectivity index is 0.00000300. The van der Waals surface area contributed by atoms with Crippen molar-refractivity contribution < 1.29 is 28.9 Å². The number of hydrogen-bond acceptors (Lipinski definition) is 7. The molecule has 8 nitrogen and oxygen atoms in total. The Labute approximate surface area is 187 Å². The van der Waals surface area contributed by atoms with Gasteiger partial charge in [-0.3, -0.25) is 4.79 Å². The zero-order chi connectivity index (χ0) is 20.1. The topological polar surface area (TPSA) is 130 Å². The fourth-order valence-corrected chi connectivity index (χ4v) is 2.46. The van der Waals surface area contributed by atoms with Crippen molar-refractivity contribution in [3.63, 3.8) is 0 Å². The van der Waals surface area contributed by atoms with Crippen molar-refractivity contribution in [3.05, 3.63) is 70.1 Å². The molecule has 1 atom stereocenters. The number of carboxylic acid groups (broad SMARTS) is 1. The molecular formula is C20H15NNaO7. The third-order valence-corrected chi connectivity index (χ3v) is 3.78. The van der Waals surface area contributed by atoms with Crippen molar-refractivity contribution >= 4 is 46.5 Å². The summed E-state index contributed by atoms with van der Waals surface area (Å²) in [7, 11) is 0. The van der Waals surface area contributed by atoms with Crippen molar-refractivity contribution in [2.45, 2.75) is 6.10 Å². The molecule has 0 aliphatic carbocycles. The van der Waals surface area contributed by atoms with Gasteiger partial charge in [-0.2, -0.15) is 5.26 Å². The molecule has 0 spiro atoms. The van der Waals surface area contributed by atoms with Gasteiger partial charge in [-0.15, -0.1) is 0 Å². The van der Waals surface area contributed by atoms with Gasteiger partial charge < -0.3 is 24.1 Å². The summed E-state index contributed by atoms with van der Waals surface area (Å²) in [5, 5.41) is 27.9. The summed E-state index contributed by atoms with van der Waals surface area (Å²) in [6, 6.07) is 13.8. The second-order valence-corrected chi connectivity index (χ2v) is 5.82. The number of nitrogens with zero attached hydrogens (tertiary/aromatic N) is 1. The molecule has 1 heterocycles. The van der Waals surface area contributed by atoms with Crippen LogP contribution in [0.15, 0.2) is 57.7 Å². The first-order chi connectivity index (χ1) is 13.5. The van der Waals surface area contributed by atoms with Crippen LogP contribution in [-0.2, 0) is 0 Å². The minimum atomic E-state index is -1.35. The minimum absolute atomic E-state index is 0. The molecule has 29 heavy (non-hydrogen) atoms. The molecule has 3 aromatic rings. The van der Waals surface area contributed by atoms with Crippen LogP contribution >= 0.6 is 0 Å². The summed E-state index contributed by atoms with van der Waals surface area (Å²) in [4.78, 5) is 23.2. The van der Waals surface area contributed by atoms with E-state index >= 15 is 0 Å². The van der Waals surface area contributed by atoms with E-state index in [0.29, 0.717) is 11.3 Å². The van der Waals surface area contributed by atoms with Crippen molar-refractivity contribution in [2.75, 3.05) is 13.2 Å². The normalized spacial score (nSPS) is 11.2. The monoisotopic (exact) mass is 404 g/mol. The second kappa shape index (κ2) is 10.1. The molecule has 9 heteroatoms. The van der Waals surface area contributed by atoms with E-state index in [1.807, 2.05) is 6.07 Å². The first-order valence-electron chi connectivity index (χ1n) is 8.22. The van der Waals surface area contributed by atoms with Gasteiger partial charge in [-0.1, -0.05) is 6.07 Å². The smallest absolute Gasteiger partial charge is 0.371 e. The van der Waals surface area contributed by atoms with Crippen LogP contribution in [0.3, 0.4) is 0 Å². The molecule has 0 fully saturated rings. The largest absolute Gasteiger partial charge is 0.491 e. The van der Waals surface area contributed by atoms with E-state index < -0.39 is 23.3 Å². The molecule has 0 aliphatic rings. The van der Waals surface area contributed by atoms with Crippen molar-refractivity contribution in [1.82, 2.24) is 0 Å². The number of aromatic carboxylic acids is 1. The summed E-state index contributed by atoms with van der Waals surface area (Å²) in [5.74, 6) is -1.16. The number of aliphatic hydroxyl groups is 1. The average Bonchev–Trinajstić information content (AvgIpc) is 2.70.